The summed E-state index contributed by atoms with van der Waals surface area (Å²) in [5.74, 6) is 2.13. The predicted molar refractivity (Wildman–Crippen MR) is 77.8 cm³/mol. The molecular formula is C16H18O4. The zero-order valence-electron chi connectivity index (χ0n) is 11.8. The van der Waals surface area contributed by atoms with Gasteiger partial charge in [0.2, 0.25) is 0 Å². The number of hydrogen-bond acceptors (Lipinski definition) is 4. The van der Waals surface area contributed by atoms with Crippen LogP contribution in [0.15, 0.2) is 36.4 Å². The number of hydrogen-bond donors (Lipinski definition) is 1. The maximum absolute atomic E-state index is 9.62. The van der Waals surface area contributed by atoms with Gasteiger partial charge in [0.05, 0.1) is 26.4 Å². The van der Waals surface area contributed by atoms with Crippen molar-refractivity contribution >= 4 is 0 Å². The van der Waals surface area contributed by atoms with Crippen molar-refractivity contribution in [3.8, 4) is 34.1 Å². The first-order chi connectivity index (χ1) is 9.71. The van der Waals surface area contributed by atoms with Gasteiger partial charge in [-0.3, -0.25) is 0 Å². The molecule has 0 amide bonds. The third-order valence-electron chi connectivity index (χ3n) is 2.96. The summed E-state index contributed by atoms with van der Waals surface area (Å²) in [4.78, 5) is 0. The van der Waals surface area contributed by atoms with E-state index >= 15 is 0 Å². The molecule has 0 spiro atoms. The molecule has 2 aromatic rings. The zero-order chi connectivity index (χ0) is 14.5. The van der Waals surface area contributed by atoms with Crippen molar-refractivity contribution in [2.45, 2.75) is 6.92 Å². The summed E-state index contributed by atoms with van der Waals surface area (Å²) in [6, 6.07) is 10.6. The van der Waals surface area contributed by atoms with E-state index in [4.69, 9.17) is 14.2 Å². The van der Waals surface area contributed by atoms with Crippen molar-refractivity contribution < 1.29 is 19.3 Å². The molecule has 0 saturated carbocycles. The van der Waals surface area contributed by atoms with E-state index in [0.717, 1.165) is 11.1 Å². The molecule has 0 fully saturated rings. The largest absolute Gasteiger partial charge is 0.508 e. The molecule has 2 aromatic carbocycles. The molecule has 2 rings (SSSR count). The molecule has 4 heteroatoms. The minimum Gasteiger partial charge on any atom is -0.508 e. The Morgan fingerprint density at radius 1 is 0.950 bits per heavy atom. The Morgan fingerprint density at radius 2 is 1.60 bits per heavy atom. The second-order valence-corrected chi connectivity index (χ2v) is 4.15. The average molecular weight is 274 g/mol. The van der Waals surface area contributed by atoms with Crippen LogP contribution >= 0.6 is 0 Å². The van der Waals surface area contributed by atoms with E-state index in [2.05, 4.69) is 0 Å². The van der Waals surface area contributed by atoms with Crippen LogP contribution in [0.25, 0.3) is 11.1 Å². The SMILES string of the molecule is CCOc1cc(O)ccc1-c1c(OC)cccc1OC. The van der Waals surface area contributed by atoms with Gasteiger partial charge >= 0.3 is 0 Å². The lowest BCUT2D eigenvalue weighted by Gasteiger charge is -2.16. The fourth-order valence-electron chi connectivity index (χ4n) is 2.11. The molecule has 0 aliphatic rings. The van der Waals surface area contributed by atoms with Crippen LogP contribution in [-0.2, 0) is 0 Å². The van der Waals surface area contributed by atoms with Gasteiger partial charge in [0.25, 0.3) is 0 Å². The van der Waals surface area contributed by atoms with E-state index in [-0.39, 0.29) is 5.75 Å². The minimum atomic E-state index is 0.158. The maximum atomic E-state index is 9.62. The lowest BCUT2D eigenvalue weighted by molar-refractivity contribution is 0.338. The molecule has 0 heterocycles. The molecule has 0 bridgehead atoms. The number of methoxy groups -OCH3 is 2. The molecule has 0 aliphatic carbocycles. The number of ether oxygens (including phenoxy) is 3. The van der Waals surface area contributed by atoms with Gasteiger partial charge in [-0.05, 0) is 31.2 Å². The quantitative estimate of drug-likeness (QED) is 0.906. The second kappa shape index (κ2) is 6.19. The Labute approximate surface area is 118 Å². The standard InChI is InChI=1S/C16H18O4/c1-4-20-15-10-11(17)8-9-12(15)16-13(18-2)6-5-7-14(16)19-3/h5-10,17H,4H2,1-3H3. The van der Waals surface area contributed by atoms with Crippen LogP contribution in [0.4, 0.5) is 0 Å². The first-order valence-corrected chi connectivity index (χ1v) is 6.38. The smallest absolute Gasteiger partial charge is 0.131 e. The molecule has 0 aliphatic heterocycles. The summed E-state index contributed by atoms with van der Waals surface area (Å²) in [5.41, 5.74) is 1.62. The molecular weight excluding hydrogens is 256 g/mol. The van der Waals surface area contributed by atoms with Crippen molar-refractivity contribution in [3.05, 3.63) is 36.4 Å². The van der Waals surface area contributed by atoms with Gasteiger partial charge in [0, 0.05) is 11.6 Å². The van der Waals surface area contributed by atoms with Crippen molar-refractivity contribution in [2.24, 2.45) is 0 Å². The highest BCUT2D eigenvalue weighted by atomic mass is 16.5. The number of phenolic OH excluding ortho intramolecular Hbond substituents is 1. The summed E-state index contributed by atoms with van der Waals surface area (Å²) in [7, 11) is 3.22. The van der Waals surface area contributed by atoms with Crippen molar-refractivity contribution in [2.75, 3.05) is 20.8 Å². The number of aromatic hydroxyl groups is 1. The Kier molecular flexibility index (Phi) is 4.35. The highest BCUT2D eigenvalue weighted by Crippen LogP contribution is 2.43. The van der Waals surface area contributed by atoms with Gasteiger partial charge in [0.1, 0.15) is 23.0 Å². The first-order valence-electron chi connectivity index (χ1n) is 6.38. The molecule has 0 saturated heterocycles. The summed E-state index contributed by atoms with van der Waals surface area (Å²) >= 11 is 0. The molecule has 0 radical (unpaired) electrons. The van der Waals surface area contributed by atoms with Crippen molar-refractivity contribution in [1.29, 1.82) is 0 Å². The van der Waals surface area contributed by atoms with Gasteiger partial charge in [-0.15, -0.1) is 0 Å². The van der Waals surface area contributed by atoms with Gasteiger partial charge in [-0.2, -0.15) is 0 Å². The third kappa shape index (κ3) is 2.64. The second-order valence-electron chi connectivity index (χ2n) is 4.15. The molecule has 0 atom stereocenters. The summed E-state index contributed by atoms with van der Waals surface area (Å²) in [6.45, 7) is 2.40. The minimum absolute atomic E-state index is 0.158. The van der Waals surface area contributed by atoms with E-state index in [1.54, 1.807) is 32.4 Å². The highest BCUT2D eigenvalue weighted by Gasteiger charge is 2.17. The maximum Gasteiger partial charge on any atom is 0.131 e. The van der Waals surface area contributed by atoms with E-state index in [1.165, 1.54) is 0 Å². The zero-order valence-corrected chi connectivity index (χ0v) is 11.8. The van der Waals surface area contributed by atoms with E-state index in [1.807, 2.05) is 25.1 Å². The number of phenols is 1. The number of rotatable bonds is 5. The van der Waals surface area contributed by atoms with Crippen LogP contribution in [0.2, 0.25) is 0 Å². The fraction of sp³-hybridized carbons (Fsp3) is 0.250. The van der Waals surface area contributed by atoms with Crippen LogP contribution < -0.4 is 14.2 Å². The Morgan fingerprint density at radius 3 is 2.15 bits per heavy atom. The van der Waals surface area contributed by atoms with Gasteiger partial charge in [-0.1, -0.05) is 6.07 Å². The summed E-state index contributed by atoms with van der Waals surface area (Å²) in [5, 5.41) is 9.62. The summed E-state index contributed by atoms with van der Waals surface area (Å²) in [6.07, 6.45) is 0. The lowest BCUT2D eigenvalue weighted by Crippen LogP contribution is -1.97. The molecule has 106 valence electrons. The predicted octanol–water partition coefficient (Wildman–Crippen LogP) is 3.48. The topological polar surface area (TPSA) is 47.9 Å². The Bertz CT molecular complexity index is 571. The highest BCUT2D eigenvalue weighted by molar-refractivity contribution is 5.81. The van der Waals surface area contributed by atoms with E-state index in [0.29, 0.717) is 23.9 Å². The van der Waals surface area contributed by atoms with Crippen molar-refractivity contribution in [3.63, 3.8) is 0 Å². The first kappa shape index (κ1) is 14.1. The van der Waals surface area contributed by atoms with E-state index < -0.39 is 0 Å². The monoisotopic (exact) mass is 274 g/mol. The van der Waals surface area contributed by atoms with E-state index in [9.17, 15) is 5.11 Å². The van der Waals surface area contributed by atoms with Gasteiger partial charge in [0.15, 0.2) is 0 Å². The van der Waals surface area contributed by atoms with Crippen LogP contribution in [0.5, 0.6) is 23.0 Å². The van der Waals surface area contributed by atoms with Crippen LogP contribution in [0, 0.1) is 0 Å². The normalized spacial score (nSPS) is 10.2. The molecule has 0 unspecified atom stereocenters. The fourth-order valence-corrected chi connectivity index (χ4v) is 2.11. The van der Waals surface area contributed by atoms with Crippen LogP contribution in [-0.4, -0.2) is 25.9 Å². The van der Waals surface area contributed by atoms with Crippen LogP contribution in [0.3, 0.4) is 0 Å². The van der Waals surface area contributed by atoms with Gasteiger partial charge < -0.3 is 19.3 Å². The Hall–Kier alpha value is -2.36. The lowest BCUT2D eigenvalue weighted by atomic mass is 10.0. The molecule has 20 heavy (non-hydrogen) atoms. The Balaban J connectivity index is 2.67. The molecule has 0 aromatic heterocycles. The van der Waals surface area contributed by atoms with Crippen molar-refractivity contribution in [1.82, 2.24) is 0 Å². The van der Waals surface area contributed by atoms with Gasteiger partial charge in [-0.25, -0.2) is 0 Å². The molecule has 1 N–H and O–H groups in total. The third-order valence-corrected chi connectivity index (χ3v) is 2.96. The average Bonchev–Trinajstić information content (AvgIpc) is 2.47. The number of benzene rings is 2. The van der Waals surface area contributed by atoms with Crippen LogP contribution in [0.1, 0.15) is 6.92 Å². The summed E-state index contributed by atoms with van der Waals surface area (Å²) < 4.78 is 16.4. The molecule has 4 nitrogen and oxygen atoms in total.